The summed E-state index contributed by atoms with van der Waals surface area (Å²) in [5.41, 5.74) is 0.304. The predicted octanol–water partition coefficient (Wildman–Crippen LogP) is 2.97. The molecule has 0 bridgehead atoms. The molecule has 0 spiro atoms. The van der Waals surface area contributed by atoms with Crippen molar-refractivity contribution < 1.29 is 13.9 Å². The first-order valence-corrected chi connectivity index (χ1v) is 8.71. The molecule has 1 aromatic carbocycles. The van der Waals surface area contributed by atoms with Gasteiger partial charge in [0.15, 0.2) is 0 Å². The van der Waals surface area contributed by atoms with E-state index in [0.717, 1.165) is 37.6 Å². The maximum Gasteiger partial charge on any atom is 0.280 e. The predicted molar refractivity (Wildman–Crippen MR) is 95.0 cm³/mol. The minimum Gasteiger partial charge on any atom is -0.396 e. The van der Waals surface area contributed by atoms with Crippen molar-refractivity contribution in [2.45, 2.75) is 32.7 Å². The lowest BCUT2D eigenvalue weighted by molar-refractivity contribution is 0.0430. The summed E-state index contributed by atoms with van der Waals surface area (Å²) < 4.78 is 26.0. The van der Waals surface area contributed by atoms with Crippen LogP contribution in [0.2, 0.25) is 0 Å². The quantitative estimate of drug-likeness (QED) is 0.857. The first-order chi connectivity index (χ1) is 12.4. The van der Waals surface area contributed by atoms with Gasteiger partial charge in [0, 0.05) is 36.7 Å². The molecule has 3 rings (SSSR count). The fourth-order valence-electron chi connectivity index (χ4n) is 3.54. The SMILES string of the molecule is CC1(CO)CCCN(Cc2ccccc2-c2nc(C(F)F)cc(=O)[nH]2)C1. The number of aromatic amines is 1. The molecule has 5 nitrogen and oxygen atoms in total. The number of alkyl halides is 2. The molecule has 1 atom stereocenters. The van der Waals surface area contributed by atoms with Crippen LogP contribution in [0.5, 0.6) is 0 Å². The average molecular weight is 363 g/mol. The van der Waals surface area contributed by atoms with E-state index < -0.39 is 17.7 Å². The Hall–Kier alpha value is -2.12. The van der Waals surface area contributed by atoms with Crippen molar-refractivity contribution in [3.8, 4) is 11.4 Å². The van der Waals surface area contributed by atoms with E-state index in [2.05, 4.69) is 21.8 Å². The number of hydrogen-bond donors (Lipinski definition) is 2. The van der Waals surface area contributed by atoms with Gasteiger partial charge in [0.05, 0.1) is 0 Å². The number of halogens is 2. The van der Waals surface area contributed by atoms with Crippen molar-refractivity contribution in [2.75, 3.05) is 19.7 Å². The van der Waals surface area contributed by atoms with Gasteiger partial charge in [-0.2, -0.15) is 0 Å². The number of aromatic nitrogens is 2. The molecule has 2 heterocycles. The summed E-state index contributed by atoms with van der Waals surface area (Å²) in [7, 11) is 0. The third kappa shape index (κ3) is 4.16. The Morgan fingerprint density at radius 1 is 1.38 bits per heavy atom. The lowest BCUT2D eigenvalue weighted by Gasteiger charge is -2.39. The maximum absolute atomic E-state index is 13.0. The van der Waals surface area contributed by atoms with Gasteiger partial charge in [-0.25, -0.2) is 13.8 Å². The van der Waals surface area contributed by atoms with E-state index in [4.69, 9.17) is 0 Å². The lowest BCUT2D eigenvalue weighted by Crippen LogP contribution is -2.43. The second-order valence-electron chi connectivity index (χ2n) is 7.26. The fraction of sp³-hybridized carbons (Fsp3) is 0.474. The van der Waals surface area contributed by atoms with Crippen LogP contribution >= 0.6 is 0 Å². The number of rotatable bonds is 5. The molecule has 1 unspecified atom stereocenters. The number of hydrogen-bond acceptors (Lipinski definition) is 4. The molecule has 0 radical (unpaired) electrons. The normalized spacial score (nSPS) is 21.3. The third-order valence-electron chi connectivity index (χ3n) is 4.89. The van der Waals surface area contributed by atoms with Crippen molar-refractivity contribution in [3.05, 3.63) is 51.9 Å². The smallest absolute Gasteiger partial charge is 0.280 e. The molecule has 26 heavy (non-hydrogen) atoms. The molecule has 2 N–H and O–H groups in total. The Bertz CT molecular complexity index is 824. The number of H-pyrrole nitrogens is 1. The first kappa shape index (κ1) is 18.7. The highest BCUT2D eigenvalue weighted by molar-refractivity contribution is 5.60. The van der Waals surface area contributed by atoms with Crippen LogP contribution < -0.4 is 5.56 Å². The number of likely N-dealkylation sites (tertiary alicyclic amines) is 1. The number of aliphatic hydroxyl groups is 1. The van der Waals surface area contributed by atoms with E-state index in [1.807, 2.05) is 12.1 Å². The number of aliphatic hydroxyl groups excluding tert-OH is 1. The van der Waals surface area contributed by atoms with Crippen molar-refractivity contribution in [1.82, 2.24) is 14.9 Å². The van der Waals surface area contributed by atoms with Gasteiger partial charge in [-0.05, 0) is 24.9 Å². The molecule has 1 saturated heterocycles. The van der Waals surface area contributed by atoms with Crippen LogP contribution in [0.3, 0.4) is 0 Å². The molecule has 1 fully saturated rings. The van der Waals surface area contributed by atoms with E-state index in [0.29, 0.717) is 12.1 Å². The van der Waals surface area contributed by atoms with Gasteiger partial charge < -0.3 is 10.1 Å². The minimum absolute atomic E-state index is 0.130. The summed E-state index contributed by atoms with van der Waals surface area (Å²) in [4.78, 5) is 20.5. The van der Waals surface area contributed by atoms with Crippen LogP contribution in [0, 0.1) is 5.41 Å². The average Bonchev–Trinajstić information content (AvgIpc) is 2.62. The molecule has 0 amide bonds. The standard InChI is InChI=1S/C19H23F2N3O2/c1-19(12-25)7-4-8-24(11-19)10-13-5-2-3-6-14(13)18-22-15(17(20)21)9-16(26)23-18/h2-3,5-6,9,17,25H,4,7-8,10-12H2,1H3,(H,22,23,26). The molecule has 1 aliphatic rings. The number of nitrogens with zero attached hydrogens (tertiary/aromatic N) is 2. The van der Waals surface area contributed by atoms with Crippen molar-refractivity contribution in [1.29, 1.82) is 0 Å². The van der Waals surface area contributed by atoms with Crippen LogP contribution in [0.1, 0.15) is 37.4 Å². The van der Waals surface area contributed by atoms with Crippen molar-refractivity contribution in [2.24, 2.45) is 5.41 Å². The monoisotopic (exact) mass is 363 g/mol. The number of piperidine rings is 1. The Labute approximate surface area is 150 Å². The minimum atomic E-state index is -2.80. The van der Waals surface area contributed by atoms with Crippen LogP contribution in [-0.4, -0.2) is 39.7 Å². The zero-order chi connectivity index (χ0) is 18.7. The molecular weight excluding hydrogens is 340 g/mol. The van der Waals surface area contributed by atoms with Gasteiger partial charge in [0.2, 0.25) is 0 Å². The molecule has 0 saturated carbocycles. The van der Waals surface area contributed by atoms with Gasteiger partial charge in [-0.1, -0.05) is 31.2 Å². The largest absolute Gasteiger partial charge is 0.396 e. The van der Waals surface area contributed by atoms with Gasteiger partial charge in [-0.15, -0.1) is 0 Å². The Balaban J connectivity index is 1.91. The maximum atomic E-state index is 13.0. The highest BCUT2D eigenvalue weighted by atomic mass is 19.3. The Kier molecular flexibility index (Phi) is 5.48. The topological polar surface area (TPSA) is 69.2 Å². The zero-order valence-electron chi connectivity index (χ0n) is 14.7. The zero-order valence-corrected chi connectivity index (χ0v) is 14.7. The molecule has 2 aromatic rings. The summed E-state index contributed by atoms with van der Waals surface area (Å²) in [5, 5.41) is 9.63. The number of benzene rings is 1. The highest BCUT2D eigenvalue weighted by Crippen LogP contribution is 2.31. The molecule has 1 aromatic heterocycles. The third-order valence-corrected chi connectivity index (χ3v) is 4.89. The van der Waals surface area contributed by atoms with Crippen molar-refractivity contribution >= 4 is 0 Å². The van der Waals surface area contributed by atoms with E-state index >= 15 is 0 Å². The highest BCUT2D eigenvalue weighted by Gasteiger charge is 2.30. The second kappa shape index (κ2) is 7.63. The van der Waals surface area contributed by atoms with Crippen LogP contribution in [0.15, 0.2) is 35.1 Å². The van der Waals surface area contributed by atoms with Gasteiger partial charge >= 0.3 is 0 Å². The summed E-state index contributed by atoms with van der Waals surface area (Å²) in [6, 6.07) is 8.19. The Morgan fingerprint density at radius 2 is 2.15 bits per heavy atom. The van der Waals surface area contributed by atoms with Gasteiger partial charge in [-0.3, -0.25) is 9.69 Å². The van der Waals surface area contributed by atoms with Gasteiger partial charge in [0.1, 0.15) is 11.5 Å². The summed E-state index contributed by atoms with van der Waals surface area (Å²) in [6.45, 7) is 4.48. The molecule has 1 aliphatic heterocycles. The molecule has 0 aliphatic carbocycles. The summed E-state index contributed by atoms with van der Waals surface area (Å²) in [5.74, 6) is 0.158. The molecule has 140 valence electrons. The second-order valence-corrected chi connectivity index (χ2v) is 7.26. The van der Waals surface area contributed by atoms with Crippen LogP contribution in [-0.2, 0) is 6.54 Å². The van der Waals surface area contributed by atoms with E-state index in [1.165, 1.54) is 0 Å². The van der Waals surface area contributed by atoms with Crippen LogP contribution in [0.4, 0.5) is 8.78 Å². The van der Waals surface area contributed by atoms with Crippen molar-refractivity contribution in [3.63, 3.8) is 0 Å². The van der Waals surface area contributed by atoms with E-state index in [1.54, 1.807) is 12.1 Å². The summed E-state index contributed by atoms with van der Waals surface area (Å²) >= 11 is 0. The number of nitrogens with one attached hydrogen (secondary N) is 1. The molecular formula is C19H23F2N3O2. The van der Waals surface area contributed by atoms with Gasteiger partial charge in [0.25, 0.3) is 12.0 Å². The van der Waals surface area contributed by atoms with Crippen LogP contribution in [0.25, 0.3) is 11.4 Å². The lowest BCUT2D eigenvalue weighted by atomic mass is 9.82. The Morgan fingerprint density at radius 3 is 2.88 bits per heavy atom. The fourth-order valence-corrected chi connectivity index (χ4v) is 3.54. The van der Waals surface area contributed by atoms with E-state index in [-0.39, 0.29) is 17.8 Å². The summed E-state index contributed by atoms with van der Waals surface area (Å²) in [6.07, 6.45) is -0.821. The first-order valence-electron chi connectivity index (χ1n) is 8.71. The molecule has 7 heteroatoms. The van der Waals surface area contributed by atoms with E-state index in [9.17, 15) is 18.7 Å².